The molecule has 9 heteroatoms. The van der Waals surface area contributed by atoms with Crippen molar-refractivity contribution in [3.8, 4) is 17.5 Å². The Balaban J connectivity index is 1.48. The predicted octanol–water partition coefficient (Wildman–Crippen LogP) is 4.10. The van der Waals surface area contributed by atoms with Gasteiger partial charge in [-0.25, -0.2) is 4.98 Å². The van der Waals surface area contributed by atoms with Crippen LogP contribution in [-0.4, -0.2) is 27.9 Å². The predicted molar refractivity (Wildman–Crippen MR) is 93.6 cm³/mol. The number of rotatable bonds is 3. The highest BCUT2D eigenvalue weighted by molar-refractivity contribution is 7.14. The SMILES string of the molecule is N#CN1[C@@H]2CC[C@H]1[C@H](C(=O)Nc1nc(-c3cccc(C(F)(F)F)c3)cs1)C2. The maximum atomic E-state index is 12.9. The molecule has 0 saturated carbocycles. The molecule has 3 atom stereocenters. The van der Waals surface area contributed by atoms with Crippen molar-refractivity contribution in [2.45, 2.75) is 37.5 Å². The molecule has 2 aliphatic heterocycles. The molecule has 3 heterocycles. The van der Waals surface area contributed by atoms with E-state index >= 15 is 0 Å². The zero-order valence-corrected chi connectivity index (χ0v) is 14.8. The fraction of sp³-hybridized carbons (Fsp3) is 0.389. The molecule has 1 N–H and O–H groups in total. The molecule has 0 aliphatic carbocycles. The van der Waals surface area contributed by atoms with Gasteiger partial charge in [0.2, 0.25) is 5.91 Å². The Kier molecular flexibility index (Phi) is 4.30. The molecule has 0 unspecified atom stereocenters. The van der Waals surface area contributed by atoms with Gasteiger partial charge in [0, 0.05) is 17.0 Å². The van der Waals surface area contributed by atoms with Crippen LogP contribution >= 0.6 is 11.3 Å². The van der Waals surface area contributed by atoms with Gasteiger partial charge < -0.3 is 10.2 Å². The molecule has 27 heavy (non-hydrogen) atoms. The molecule has 2 aliphatic rings. The summed E-state index contributed by atoms with van der Waals surface area (Å²) in [6.45, 7) is 0. The Morgan fingerprint density at radius 3 is 2.89 bits per heavy atom. The molecule has 0 radical (unpaired) electrons. The van der Waals surface area contributed by atoms with Crippen LogP contribution < -0.4 is 5.32 Å². The number of carbonyl (C=O) groups is 1. The van der Waals surface area contributed by atoms with Crippen LogP contribution in [0.3, 0.4) is 0 Å². The van der Waals surface area contributed by atoms with Crippen LogP contribution in [0.25, 0.3) is 11.3 Å². The molecule has 2 fully saturated rings. The minimum absolute atomic E-state index is 0.0668. The van der Waals surface area contributed by atoms with Crippen LogP contribution in [0, 0.1) is 17.4 Å². The number of hydrogen-bond donors (Lipinski definition) is 1. The van der Waals surface area contributed by atoms with E-state index in [-0.39, 0.29) is 23.9 Å². The standard InChI is InChI=1S/C18H15F3N4OS/c19-18(20,21)11-3-1-2-10(6-11)14-8-27-17(23-14)24-16(26)13-7-12-4-5-15(13)25(12)9-22/h1-3,6,8,12-13,15H,4-5,7H2,(H,23,24,26)/t12-,13-,15+/m1/s1. The molecule has 1 aromatic heterocycles. The summed E-state index contributed by atoms with van der Waals surface area (Å²) in [6, 6.07) is 5.00. The van der Waals surface area contributed by atoms with Gasteiger partial charge in [0.1, 0.15) is 0 Å². The summed E-state index contributed by atoms with van der Waals surface area (Å²) in [5, 5.41) is 13.9. The number of fused-ring (bicyclic) bond motifs is 2. The largest absolute Gasteiger partial charge is 0.416 e. The fourth-order valence-corrected chi connectivity index (χ4v) is 4.67. The van der Waals surface area contributed by atoms with Gasteiger partial charge in [-0.05, 0) is 31.4 Å². The first-order valence-corrected chi connectivity index (χ1v) is 9.37. The Morgan fingerprint density at radius 1 is 1.37 bits per heavy atom. The lowest BCUT2D eigenvalue weighted by molar-refractivity contribution is -0.137. The van der Waals surface area contributed by atoms with Gasteiger partial charge in [-0.15, -0.1) is 11.3 Å². The Bertz CT molecular complexity index is 920. The monoisotopic (exact) mass is 392 g/mol. The highest BCUT2D eigenvalue weighted by atomic mass is 32.1. The first-order valence-electron chi connectivity index (χ1n) is 8.49. The zero-order chi connectivity index (χ0) is 19.2. The number of hydrogen-bond acceptors (Lipinski definition) is 5. The van der Waals surface area contributed by atoms with Crippen LogP contribution in [-0.2, 0) is 11.0 Å². The van der Waals surface area contributed by atoms with Crippen molar-refractivity contribution < 1.29 is 18.0 Å². The number of nitriles is 1. The summed E-state index contributed by atoms with van der Waals surface area (Å²) in [5.41, 5.74) is -0.0118. The van der Waals surface area contributed by atoms with Crippen molar-refractivity contribution in [1.82, 2.24) is 9.88 Å². The van der Waals surface area contributed by atoms with Crippen molar-refractivity contribution in [2.75, 3.05) is 5.32 Å². The van der Waals surface area contributed by atoms with Gasteiger partial charge in [0.15, 0.2) is 11.3 Å². The van der Waals surface area contributed by atoms with Crippen molar-refractivity contribution in [3.05, 3.63) is 35.2 Å². The first-order chi connectivity index (χ1) is 12.9. The molecule has 1 aromatic carbocycles. The Hall–Kier alpha value is -2.60. The Labute approximate surface area is 157 Å². The van der Waals surface area contributed by atoms with Crippen LogP contribution in [0.1, 0.15) is 24.8 Å². The number of nitrogens with one attached hydrogen (secondary N) is 1. The van der Waals surface area contributed by atoms with Crippen molar-refractivity contribution in [2.24, 2.45) is 5.92 Å². The number of benzene rings is 1. The van der Waals surface area contributed by atoms with E-state index in [1.807, 2.05) is 0 Å². The maximum Gasteiger partial charge on any atom is 0.416 e. The number of carbonyl (C=O) groups excluding carboxylic acids is 1. The summed E-state index contributed by atoms with van der Waals surface area (Å²) in [6.07, 6.45) is 0.148. The molecule has 140 valence electrons. The minimum atomic E-state index is -4.42. The van der Waals surface area contributed by atoms with Gasteiger partial charge in [0.05, 0.1) is 23.2 Å². The fourth-order valence-electron chi connectivity index (χ4n) is 3.94. The van der Waals surface area contributed by atoms with Gasteiger partial charge in [-0.1, -0.05) is 12.1 Å². The molecule has 2 saturated heterocycles. The van der Waals surface area contributed by atoms with Gasteiger partial charge in [-0.2, -0.15) is 18.4 Å². The van der Waals surface area contributed by atoms with Crippen molar-refractivity contribution >= 4 is 22.4 Å². The van der Waals surface area contributed by atoms with Crippen LogP contribution in [0.2, 0.25) is 0 Å². The highest BCUT2D eigenvalue weighted by Crippen LogP contribution is 2.41. The molecule has 4 rings (SSSR count). The number of alkyl halides is 3. The van der Waals surface area contributed by atoms with Gasteiger partial charge in [0.25, 0.3) is 0 Å². The van der Waals surface area contributed by atoms with E-state index < -0.39 is 11.7 Å². The second kappa shape index (κ2) is 6.53. The molecule has 2 bridgehead atoms. The highest BCUT2D eigenvalue weighted by Gasteiger charge is 2.49. The van der Waals surface area contributed by atoms with Crippen molar-refractivity contribution in [3.63, 3.8) is 0 Å². The van der Waals surface area contributed by atoms with E-state index in [1.54, 1.807) is 16.3 Å². The molecule has 5 nitrogen and oxygen atoms in total. The second-order valence-corrected chi connectivity index (χ2v) is 7.61. The van der Waals surface area contributed by atoms with Gasteiger partial charge in [-0.3, -0.25) is 4.79 Å². The topological polar surface area (TPSA) is 69.0 Å². The number of halogens is 3. The van der Waals surface area contributed by atoms with Crippen molar-refractivity contribution in [1.29, 1.82) is 5.26 Å². The summed E-state index contributed by atoms with van der Waals surface area (Å²) in [5.74, 6) is -0.448. The lowest BCUT2D eigenvalue weighted by atomic mass is 9.88. The third kappa shape index (κ3) is 3.25. The van der Waals surface area contributed by atoms with E-state index in [0.29, 0.717) is 22.8 Å². The number of thiazole rings is 1. The summed E-state index contributed by atoms with van der Waals surface area (Å²) in [7, 11) is 0. The zero-order valence-electron chi connectivity index (χ0n) is 14.0. The number of nitrogens with zero attached hydrogens (tertiary/aromatic N) is 3. The molecule has 0 spiro atoms. The first kappa shape index (κ1) is 17.8. The lowest BCUT2D eigenvalue weighted by Crippen LogP contribution is -2.33. The third-order valence-electron chi connectivity index (χ3n) is 5.21. The minimum Gasteiger partial charge on any atom is -0.304 e. The summed E-state index contributed by atoms with van der Waals surface area (Å²) < 4.78 is 38.6. The normalized spacial score (nSPS) is 24.1. The summed E-state index contributed by atoms with van der Waals surface area (Å²) in [4.78, 5) is 18.5. The Morgan fingerprint density at radius 2 is 2.19 bits per heavy atom. The van der Waals surface area contributed by atoms with Crippen LogP contribution in [0.15, 0.2) is 29.6 Å². The van der Waals surface area contributed by atoms with Gasteiger partial charge >= 0.3 is 6.18 Å². The summed E-state index contributed by atoms with van der Waals surface area (Å²) >= 11 is 1.17. The average Bonchev–Trinajstić information content (AvgIpc) is 3.35. The average molecular weight is 392 g/mol. The van der Waals surface area contributed by atoms with E-state index in [1.165, 1.54) is 17.4 Å². The molecular formula is C18H15F3N4OS. The van der Waals surface area contributed by atoms with E-state index in [2.05, 4.69) is 16.5 Å². The molecule has 2 aromatic rings. The number of aromatic nitrogens is 1. The third-order valence-corrected chi connectivity index (χ3v) is 5.97. The number of amides is 1. The smallest absolute Gasteiger partial charge is 0.304 e. The second-order valence-electron chi connectivity index (χ2n) is 6.75. The van der Waals surface area contributed by atoms with Crippen LogP contribution in [0.5, 0.6) is 0 Å². The molecular weight excluding hydrogens is 377 g/mol. The maximum absolute atomic E-state index is 12.9. The van der Waals surface area contributed by atoms with E-state index in [0.717, 1.165) is 25.0 Å². The van der Waals surface area contributed by atoms with Crippen LogP contribution in [0.4, 0.5) is 18.3 Å². The quantitative estimate of drug-likeness (QED) is 0.799. The number of anilines is 1. The van der Waals surface area contributed by atoms with E-state index in [4.69, 9.17) is 0 Å². The van der Waals surface area contributed by atoms with E-state index in [9.17, 15) is 23.2 Å². The molecule has 1 amide bonds. The lowest BCUT2D eigenvalue weighted by Gasteiger charge is -2.19.